The third kappa shape index (κ3) is 2.90. The Bertz CT molecular complexity index is 604. The Kier molecular flexibility index (Phi) is 4.38. The Labute approximate surface area is 111 Å². The van der Waals surface area contributed by atoms with Gasteiger partial charge < -0.3 is 4.74 Å². The zero-order valence-electron chi connectivity index (χ0n) is 8.51. The number of esters is 1. The molecule has 17 heavy (non-hydrogen) atoms. The van der Waals surface area contributed by atoms with Gasteiger partial charge in [-0.1, -0.05) is 10.5 Å². The molecule has 0 spiro atoms. The summed E-state index contributed by atoms with van der Waals surface area (Å²) in [5.41, 5.74) is -0.144. The van der Waals surface area contributed by atoms with Gasteiger partial charge in [0.1, 0.15) is 4.90 Å². The fourth-order valence-electron chi connectivity index (χ4n) is 1.12. The van der Waals surface area contributed by atoms with E-state index < -0.39 is 16.0 Å². The predicted octanol–water partition coefficient (Wildman–Crippen LogP) is 1.10. The lowest BCUT2D eigenvalue weighted by molar-refractivity contribution is 0.0595. The number of sulfonamides is 1. The minimum atomic E-state index is -4.22. The summed E-state index contributed by atoms with van der Waals surface area (Å²) in [4.78, 5) is 21.1. The molecule has 0 amide bonds. The highest BCUT2D eigenvalue weighted by molar-refractivity contribution is 14.1. The summed E-state index contributed by atoms with van der Waals surface area (Å²) in [6, 6.07) is 4.14. The van der Waals surface area contributed by atoms with Crippen molar-refractivity contribution in [2.24, 2.45) is 4.40 Å². The van der Waals surface area contributed by atoms with E-state index >= 15 is 0 Å². The van der Waals surface area contributed by atoms with Crippen molar-refractivity contribution in [1.82, 2.24) is 0 Å². The van der Waals surface area contributed by atoms with E-state index in [1.54, 1.807) is 22.6 Å². The number of hydrogen-bond donors (Lipinski definition) is 0. The van der Waals surface area contributed by atoms with Crippen LogP contribution in [0.5, 0.6) is 0 Å². The van der Waals surface area contributed by atoms with E-state index in [0.717, 1.165) is 13.2 Å². The maximum absolute atomic E-state index is 11.6. The summed E-state index contributed by atoms with van der Waals surface area (Å²) in [5.74, 6) is -0.810. The second kappa shape index (κ2) is 5.39. The molecule has 0 N–H and O–H groups in total. The first-order valence-electron chi connectivity index (χ1n) is 4.15. The zero-order chi connectivity index (χ0) is 13.1. The number of methoxy groups -OCH3 is 1. The van der Waals surface area contributed by atoms with Crippen LogP contribution in [0, 0.1) is 3.57 Å². The number of isocyanates is 1. The molecule has 0 aromatic heterocycles. The summed E-state index contributed by atoms with van der Waals surface area (Å²) in [7, 11) is -3.09. The molecule has 0 aliphatic rings. The smallest absolute Gasteiger partial charge is 0.340 e. The molecule has 0 saturated carbocycles. The summed E-state index contributed by atoms with van der Waals surface area (Å²) in [5, 5.41) is 0. The van der Waals surface area contributed by atoms with Gasteiger partial charge in [-0.15, -0.1) is 0 Å². The van der Waals surface area contributed by atoms with Gasteiger partial charge in [0, 0.05) is 3.57 Å². The van der Waals surface area contributed by atoms with E-state index in [-0.39, 0.29) is 10.5 Å². The van der Waals surface area contributed by atoms with E-state index in [9.17, 15) is 18.0 Å². The minimum absolute atomic E-state index is 0.144. The molecular formula is C9H6INO5S. The lowest BCUT2D eigenvalue weighted by atomic mass is 10.2. The van der Waals surface area contributed by atoms with E-state index in [4.69, 9.17) is 0 Å². The Balaban J connectivity index is 3.61. The van der Waals surface area contributed by atoms with E-state index in [0.29, 0.717) is 3.57 Å². The molecular weight excluding hydrogens is 361 g/mol. The topological polar surface area (TPSA) is 89.9 Å². The molecule has 0 aliphatic carbocycles. The van der Waals surface area contributed by atoms with Gasteiger partial charge in [0.25, 0.3) is 16.1 Å². The van der Waals surface area contributed by atoms with Gasteiger partial charge >= 0.3 is 5.97 Å². The molecule has 1 aromatic rings. The maximum atomic E-state index is 11.6. The first-order chi connectivity index (χ1) is 7.94. The summed E-state index contributed by atoms with van der Waals surface area (Å²) >= 11 is 1.79. The van der Waals surface area contributed by atoms with Gasteiger partial charge in [-0.2, -0.15) is 8.42 Å². The van der Waals surface area contributed by atoms with Gasteiger partial charge in [-0.3, -0.25) is 0 Å². The van der Waals surface area contributed by atoms with Gasteiger partial charge in [0.05, 0.1) is 12.7 Å². The third-order valence-corrected chi connectivity index (χ3v) is 3.91. The average molecular weight is 367 g/mol. The number of rotatable bonds is 3. The summed E-state index contributed by atoms with van der Waals surface area (Å²) < 4.78 is 30.7. The van der Waals surface area contributed by atoms with Crippen molar-refractivity contribution >= 4 is 44.7 Å². The van der Waals surface area contributed by atoms with Gasteiger partial charge in [-0.25, -0.2) is 9.59 Å². The van der Waals surface area contributed by atoms with Crippen LogP contribution in [0.25, 0.3) is 0 Å². The maximum Gasteiger partial charge on any atom is 0.340 e. The van der Waals surface area contributed by atoms with Crippen LogP contribution in [-0.2, 0) is 19.6 Å². The van der Waals surface area contributed by atoms with Crippen LogP contribution in [0.1, 0.15) is 10.4 Å². The molecule has 1 aromatic carbocycles. The molecule has 0 atom stereocenters. The van der Waals surface area contributed by atoms with Crippen molar-refractivity contribution in [3.05, 3.63) is 27.3 Å². The fourth-order valence-corrected chi connectivity index (χ4v) is 2.92. The molecule has 90 valence electrons. The summed E-state index contributed by atoms with van der Waals surface area (Å²) in [6.45, 7) is 0. The monoisotopic (exact) mass is 367 g/mol. The second-order valence-corrected chi connectivity index (χ2v) is 5.50. The molecule has 0 saturated heterocycles. The minimum Gasteiger partial charge on any atom is -0.465 e. The second-order valence-electron chi connectivity index (χ2n) is 2.76. The molecule has 0 fully saturated rings. The highest BCUT2D eigenvalue weighted by atomic mass is 127. The standard InChI is InChI=1S/C9H6INO5S/c1-16-9(13)8-6(10)3-2-4-7(8)17(14,15)11-5-12/h2-4H,1H3. The van der Waals surface area contributed by atoms with Crippen molar-refractivity contribution in [1.29, 1.82) is 0 Å². The van der Waals surface area contributed by atoms with Crippen molar-refractivity contribution in [3.63, 3.8) is 0 Å². The highest BCUT2D eigenvalue weighted by Gasteiger charge is 2.24. The van der Waals surface area contributed by atoms with Gasteiger partial charge in [0.15, 0.2) is 0 Å². The van der Waals surface area contributed by atoms with Crippen molar-refractivity contribution in [2.45, 2.75) is 4.90 Å². The number of nitrogens with zero attached hydrogens (tertiary/aromatic N) is 1. The largest absolute Gasteiger partial charge is 0.465 e. The van der Waals surface area contributed by atoms with Crippen LogP contribution in [0.15, 0.2) is 27.5 Å². The number of halogens is 1. The van der Waals surface area contributed by atoms with E-state index in [1.807, 2.05) is 0 Å². The van der Waals surface area contributed by atoms with Crippen LogP contribution < -0.4 is 0 Å². The lowest BCUT2D eigenvalue weighted by Gasteiger charge is -2.06. The van der Waals surface area contributed by atoms with Crippen molar-refractivity contribution < 1.29 is 22.7 Å². The average Bonchev–Trinajstić information content (AvgIpc) is 2.27. The Morgan fingerprint density at radius 1 is 1.47 bits per heavy atom. The number of carbonyl (C=O) groups excluding carboxylic acids is 2. The lowest BCUT2D eigenvalue weighted by Crippen LogP contribution is -2.11. The Morgan fingerprint density at radius 2 is 2.12 bits per heavy atom. The van der Waals surface area contributed by atoms with E-state index in [1.165, 1.54) is 18.2 Å². The Hall–Kier alpha value is -1.25. The van der Waals surface area contributed by atoms with Gasteiger partial charge in [0.2, 0.25) is 0 Å². The van der Waals surface area contributed by atoms with E-state index in [2.05, 4.69) is 9.13 Å². The SMILES string of the molecule is COC(=O)c1c(I)cccc1S(=O)(=O)N=C=O. The third-order valence-electron chi connectivity index (χ3n) is 1.80. The molecule has 0 bridgehead atoms. The number of hydrogen-bond acceptors (Lipinski definition) is 5. The number of ether oxygens (including phenoxy) is 1. The zero-order valence-corrected chi connectivity index (χ0v) is 11.5. The molecule has 0 radical (unpaired) electrons. The first kappa shape index (κ1) is 13.8. The molecule has 0 unspecified atom stereocenters. The van der Waals surface area contributed by atoms with Crippen molar-refractivity contribution in [3.8, 4) is 0 Å². The summed E-state index contributed by atoms with van der Waals surface area (Å²) in [6.07, 6.45) is 0.943. The van der Waals surface area contributed by atoms with Crippen LogP contribution in [0.2, 0.25) is 0 Å². The van der Waals surface area contributed by atoms with Crippen LogP contribution in [-0.4, -0.2) is 27.6 Å². The quantitative estimate of drug-likeness (QED) is 0.346. The Morgan fingerprint density at radius 3 is 2.65 bits per heavy atom. The van der Waals surface area contributed by atoms with Crippen LogP contribution >= 0.6 is 22.6 Å². The number of benzene rings is 1. The fraction of sp³-hybridized carbons (Fsp3) is 0.111. The molecule has 0 heterocycles. The number of carbonyl (C=O) groups is 1. The molecule has 1 rings (SSSR count). The predicted molar refractivity (Wildman–Crippen MR) is 65.8 cm³/mol. The normalized spacial score (nSPS) is 10.5. The highest BCUT2D eigenvalue weighted by Crippen LogP contribution is 2.23. The molecule has 0 aliphatic heterocycles. The van der Waals surface area contributed by atoms with Gasteiger partial charge in [-0.05, 0) is 34.7 Å². The van der Waals surface area contributed by atoms with Crippen molar-refractivity contribution in [2.75, 3.05) is 7.11 Å². The molecule has 6 nitrogen and oxygen atoms in total. The molecule has 8 heteroatoms. The van der Waals surface area contributed by atoms with Crippen LogP contribution in [0.4, 0.5) is 0 Å². The first-order valence-corrected chi connectivity index (χ1v) is 6.67. The van der Waals surface area contributed by atoms with Crippen LogP contribution in [0.3, 0.4) is 0 Å².